The molecule has 0 radical (unpaired) electrons. The highest BCUT2D eigenvalue weighted by molar-refractivity contribution is 5.76. The van der Waals surface area contributed by atoms with Crippen molar-refractivity contribution in [1.29, 1.82) is 0 Å². The maximum atomic E-state index is 13.0. The van der Waals surface area contributed by atoms with Gasteiger partial charge in [0.1, 0.15) is 5.82 Å². The van der Waals surface area contributed by atoms with Gasteiger partial charge < -0.3 is 9.73 Å². The summed E-state index contributed by atoms with van der Waals surface area (Å²) in [6, 6.07) is 14.2. The topological polar surface area (TPSA) is 55.1 Å². The molecule has 4 nitrogen and oxygen atoms in total. The van der Waals surface area contributed by atoms with Gasteiger partial charge in [-0.3, -0.25) is 4.79 Å². The van der Waals surface area contributed by atoms with Crippen molar-refractivity contribution in [3.8, 4) is 11.3 Å². The molecule has 1 heterocycles. The molecule has 0 fully saturated rings. The molecule has 3 rings (SSSR count). The van der Waals surface area contributed by atoms with Crippen molar-refractivity contribution in [2.24, 2.45) is 0 Å². The summed E-state index contributed by atoms with van der Waals surface area (Å²) in [5, 5.41) is 2.92. The second kappa shape index (κ2) is 8.43. The summed E-state index contributed by atoms with van der Waals surface area (Å²) < 4.78 is 18.6. The molecule has 0 saturated carbocycles. The molecule has 3 aromatic rings. The lowest BCUT2D eigenvalue weighted by molar-refractivity contribution is -0.121. The maximum Gasteiger partial charge on any atom is 0.220 e. The summed E-state index contributed by atoms with van der Waals surface area (Å²) >= 11 is 0. The van der Waals surface area contributed by atoms with Crippen molar-refractivity contribution in [1.82, 2.24) is 10.3 Å². The Balaban J connectivity index is 1.45. The molecule has 26 heavy (non-hydrogen) atoms. The minimum absolute atomic E-state index is 0.0277. The molecule has 5 heteroatoms. The summed E-state index contributed by atoms with van der Waals surface area (Å²) in [5.41, 5.74) is 3.23. The molecular formula is C21H21FN2O2. The Bertz CT molecular complexity index is 872. The SMILES string of the molecule is Cc1ccccc1CCNC(=O)CCc1ncc(-c2ccc(F)cc2)o1. The van der Waals surface area contributed by atoms with E-state index < -0.39 is 0 Å². The number of aromatic nitrogens is 1. The first-order valence-electron chi connectivity index (χ1n) is 8.63. The van der Waals surface area contributed by atoms with E-state index in [0.717, 1.165) is 12.0 Å². The van der Waals surface area contributed by atoms with Gasteiger partial charge in [-0.1, -0.05) is 24.3 Å². The summed E-state index contributed by atoms with van der Waals surface area (Å²) in [6.07, 6.45) is 3.15. The highest BCUT2D eigenvalue weighted by atomic mass is 19.1. The van der Waals surface area contributed by atoms with Gasteiger partial charge in [0.25, 0.3) is 0 Å². The van der Waals surface area contributed by atoms with E-state index >= 15 is 0 Å². The van der Waals surface area contributed by atoms with Gasteiger partial charge in [-0.25, -0.2) is 9.37 Å². The highest BCUT2D eigenvalue weighted by Crippen LogP contribution is 2.21. The van der Waals surface area contributed by atoms with Crippen LogP contribution in [0.1, 0.15) is 23.4 Å². The van der Waals surface area contributed by atoms with E-state index in [9.17, 15) is 9.18 Å². The largest absolute Gasteiger partial charge is 0.441 e. The first-order valence-corrected chi connectivity index (χ1v) is 8.63. The Kier molecular flexibility index (Phi) is 5.79. The van der Waals surface area contributed by atoms with Crippen LogP contribution >= 0.6 is 0 Å². The van der Waals surface area contributed by atoms with Crippen molar-refractivity contribution >= 4 is 5.91 Å². The fourth-order valence-corrected chi connectivity index (χ4v) is 2.71. The van der Waals surface area contributed by atoms with Gasteiger partial charge in [-0.2, -0.15) is 0 Å². The summed E-state index contributed by atoms with van der Waals surface area (Å²) in [4.78, 5) is 16.2. The number of hydrogen-bond donors (Lipinski definition) is 1. The first kappa shape index (κ1) is 17.9. The zero-order chi connectivity index (χ0) is 18.4. The molecule has 1 N–H and O–H groups in total. The number of rotatable bonds is 7. The van der Waals surface area contributed by atoms with Gasteiger partial charge in [-0.15, -0.1) is 0 Å². The number of benzene rings is 2. The third-order valence-electron chi connectivity index (χ3n) is 4.23. The summed E-state index contributed by atoms with van der Waals surface area (Å²) in [5.74, 6) is 0.745. The predicted molar refractivity (Wildman–Crippen MR) is 98.1 cm³/mol. The first-order chi connectivity index (χ1) is 12.6. The third-order valence-corrected chi connectivity index (χ3v) is 4.23. The number of amides is 1. The lowest BCUT2D eigenvalue weighted by Gasteiger charge is -2.07. The van der Waals surface area contributed by atoms with Gasteiger partial charge in [0.05, 0.1) is 6.20 Å². The number of aryl methyl sites for hydroxylation is 2. The molecule has 0 unspecified atom stereocenters. The standard InChI is InChI=1S/C21H21FN2O2/c1-15-4-2-3-5-16(15)12-13-23-20(25)10-11-21-24-14-19(26-21)17-6-8-18(22)9-7-17/h2-9,14H,10-13H2,1H3,(H,23,25). The molecule has 0 aliphatic carbocycles. The number of carbonyl (C=O) groups is 1. The van der Waals surface area contributed by atoms with Gasteiger partial charge >= 0.3 is 0 Å². The lowest BCUT2D eigenvalue weighted by Crippen LogP contribution is -2.26. The third kappa shape index (κ3) is 4.79. The van der Waals surface area contributed by atoms with Crippen LogP contribution in [-0.4, -0.2) is 17.4 Å². The molecule has 0 aliphatic rings. The average Bonchev–Trinajstić information content (AvgIpc) is 3.11. The minimum Gasteiger partial charge on any atom is -0.441 e. The number of halogens is 1. The molecular weight excluding hydrogens is 331 g/mol. The minimum atomic E-state index is -0.296. The van der Waals surface area contributed by atoms with Gasteiger partial charge in [0, 0.05) is 24.9 Å². The molecule has 134 valence electrons. The second-order valence-electron chi connectivity index (χ2n) is 6.15. The van der Waals surface area contributed by atoms with Crippen LogP contribution in [0.5, 0.6) is 0 Å². The van der Waals surface area contributed by atoms with Crippen molar-refractivity contribution < 1.29 is 13.6 Å². The second-order valence-corrected chi connectivity index (χ2v) is 6.15. The Labute approximate surface area is 152 Å². The molecule has 0 spiro atoms. The van der Waals surface area contributed by atoms with Gasteiger partial charge in [-0.05, 0) is 48.7 Å². The van der Waals surface area contributed by atoms with E-state index in [0.29, 0.717) is 31.0 Å². The number of hydrogen-bond acceptors (Lipinski definition) is 3. The Morgan fingerprint density at radius 1 is 1.12 bits per heavy atom. The number of nitrogens with one attached hydrogen (secondary N) is 1. The van der Waals surface area contributed by atoms with E-state index in [1.807, 2.05) is 12.1 Å². The summed E-state index contributed by atoms with van der Waals surface area (Å²) in [6.45, 7) is 2.68. The van der Waals surface area contributed by atoms with E-state index in [1.54, 1.807) is 18.3 Å². The Morgan fingerprint density at radius 2 is 1.88 bits per heavy atom. The van der Waals surface area contributed by atoms with E-state index in [2.05, 4.69) is 29.4 Å². The van der Waals surface area contributed by atoms with Crippen LogP contribution in [0.2, 0.25) is 0 Å². The summed E-state index contributed by atoms with van der Waals surface area (Å²) in [7, 11) is 0. The van der Waals surface area contributed by atoms with Crippen molar-refractivity contribution in [3.05, 3.63) is 77.6 Å². The Hall–Kier alpha value is -2.95. The van der Waals surface area contributed by atoms with Crippen LogP contribution in [0.25, 0.3) is 11.3 Å². The molecule has 0 aliphatic heterocycles. The molecule has 2 aromatic carbocycles. The van der Waals surface area contributed by atoms with Crippen LogP contribution in [0.3, 0.4) is 0 Å². The molecule has 1 aromatic heterocycles. The van der Waals surface area contributed by atoms with Gasteiger partial charge in [0.2, 0.25) is 5.91 Å². The number of oxazole rings is 1. The van der Waals surface area contributed by atoms with E-state index in [4.69, 9.17) is 4.42 Å². The van der Waals surface area contributed by atoms with Crippen LogP contribution < -0.4 is 5.32 Å². The van der Waals surface area contributed by atoms with Crippen molar-refractivity contribution in [3.63, 3.8) is 0 Å². The van der Waals surface area contributed by atoms with Crippen LogP contribution in [0.4, 0.5) is 4.39 Å². The average molecular weight is 352 g/mol. The van der Waals surface area contributed by atoms with Crippen molar-refractivity contribution in [2.75, 3.05) is 6.54 Å². The number of carbonyl (C=O) groups excluding carboxylic acids is 1. The van der Waals surface area contributed by atoms with E-state index in [-0.39, 0.29) is 11.7 Å². The van der Waals surface area contributed by atoms with Crippen molar-refractivity contribution in [2.45, 2.75) is 26.2 Å². The normalized spacial score (nSPS) is 10.7. The monoisotopic (exact) mass is 352 g/mol. The molecule has 0 bridgehead atoms. The fraction of sp³-hybridized carbons (Fsp3) is 0.238. The quantitative estimate of drug-likeness (QED) is 0.697. The smallest absolute Gasteiger partial charge is 0.220 e. The zero-order valence-electron chi connectivity index (χ0n) is 14.7. The maximum absolute atomic E-state index is 13.0. The van der Waals surface area contributed by atoms with Gasteiger partial charge in [0.15, 0.2) is 11.7 Å². The lowest BCUT2D eigenvalue weighted by atomic mass is 10.1. The predicted octanol–water partition coefficient (Wildman–Crippen LogP) is 4.08. The Morgan fingerprint density at radius 3 is 2.65 bits per heavy atom. The van der Waals surface area contributed by atoms with Crippen LogP contribution in [-0.2, 0) is 17.6 Å². The van der Waals surface area contributed by atoms with Crippen LogP contribution in [0.15, 0.2) is 59.1 Å². The van der Waals surface area contributed by atoms with Crippen LogP contribution in [0, 0.1) is 12.7 Å². The molecule has 0 atom stereocenters. The highest BCUT2D eigenvalue weighted by Gasteiger charge is 2.09. The molecule has 0 saturated heterocycles. The molecule has 1 amide bonds. The number of nitrogens with zero attached hydrogens (tertiary/aromatic N) is 1. The van der Waals surface area contributed by atoms with E-state index in [1.165, 1.54) is 23.3 Å². The fourth-order valence-electron chi connectivity index (χ4n) is 2.71. The zero-order valence-corrected chi connectivity index (χ0v) is 14.7.